The van der Waals surface area contributed by atoms with Crippen molar-refractivity contribution >= 4 is 22.7 Å². The Morgan fingerprint density at radius 3 is 2.47 bits per heavy atom. The molecule has 0 aliphatic heterocycles. The van der Waals surface area contributed by atoms with Crippen molar-refractivity contribution in [2.75, 3.05) is 12.0 Å². The molecular formula is C13H17NO4S. The molecule has 1 aromatic carbocycles. The summed E-state index contributed by atoms with van der Waals surface area (Å²) in [6.07, 6.45) is 1.81. The van der Waals surface area contributed by atoms with Crippen LogP contribution in [-0.4, -0.2) is 39.2 Å². The van der Waals surface area contributed by atoms with Crippen molar-refractivity contribution in [1.29, 1.82) is 0 Å². The zero-order valence-corrected chi connectivity index (χ0v) is 11.5. The number of nitrogens with one attached hydrogen (secondary N) is 1. The van der Waals surface area contributed by atoms with E-state index in [1.54, 1.807) is 12.1 Å². The molecule has 0 aromatic heterocycles. The molecule has 2 atom stereocenters. The molecular weight excluding hydrogens is 266 g/mol. The minimum Gasteiger partial charge on any atom is -0.480 e. The number of carboxylic acid groups (broad SMARTS) is 1. The summed E-state index contributed by atoms with van der Waals surface area (Å²) in [6, 6.07) is 8.10. The van der Waals surface area contributed by atoms with Gasteiger partial charge < -0.3 is 10.4 Å². The lowest BCUT2D eigenvalue weighted by Gasteiger charge is -2.13. The molecule has 0 fully saturated rings. The van der Waals surface area contributed by atoms with Crippen LogP contribution in [0.25, 0.3) is 0 Å². The Morgan fingerprint density at radius 1 is 1.32 bits per heavy atom. The third kappa shape index (κ3) is 6.15. The number of amides is 1. The largest absolute Gasteiger partial charge is 0.480 e. The molecule has 1 rings (SSSR count). The highest BCUT2D eigenvalue weighted by Crippen LogP contribution is 2.01. The van der Waals surface area contributed by atoms with Gasteiger partial charge in [0.25, 0.3) is 0 Å². The smallest absolute Gasteiger partial charge is 0.326 e. The van der Waals surface area contributed by atoms with Crippen LogP contribution in [0.2, 0.25) is 0 Å². The first kappa shape index (κ1) is 15.4. The van der Waals surface area contributed by atoms with Crippen LogP contribution in [0, 0.1) is 0 Å². The van der Waals surface area contributed by atoms with Crippen molar-refractivity contribution in [3.8, 4) is 0 Å². The molecule has 0 saturated carbocycles. The first-order valence-electron chi connectivity index (χ1n) is 5.85. The van der Waals surface area contributed by atoms with E-state index < -0.39 is 22.8 Å². The molecule has 0 radical (unpaired) electrons. The number of carboxylic acids is 1. The van der Waals surface area contributed by atoms with E-state index in [2.05, 4.69) is 5.32 Å². The average Bonchev–Trinajstić information content (AvgIpc) is 2.35. The third-order valence-corrected chi connectivity index (χ3v) is 3.35. The zero-order chi connectivity index (χ0) is 14.3. The molecule has 1 unspecified atom stereocenters. The SMILES string of the molecule is CS(=O)CC[C@H](NC(=O)Cc1ccccc1)C(=O)O. The molecule has 0 heterocycles. The van der Waals surface area contributed by atoms with Gasteiger partial charge in [-0.2, -0.15) is 0 Å². The van der Waals surface area contributed by atoms with Crippen molar-refractivity contribution < 1.29 is 18.9 Å². The molecule has 0 aliphatic carbocycles. The van der Waals surface area contributed by atoms with E-state index >= 15 is 0 Å². The van der Waals surface area contributed by atoms with E-state index in [-0.39, 0.29) is 24.5 Å². The van der Waals surface area contributed by atoms with Crippen LogP contribution in [0.4, 0.5) is 0 Å². The maximum Gasteiger partial charge on any atom is 0.326 e. The fourth-order valence-electron chi connectivity index (χ4n) is 1.57. The van der Waals surface area contributed by atoms with E-state index in [9.17, 15) is 13.8 Å². The first-order valence-corrected chi connectivity index (χ1v) is 7.58. The van der Waals surface area contributed by atoms with E-state index in [1.807, 2.05) is 18.2 Å². The van der Waals surface area contributed by atoms with Crippen LogP contribution in [-0.2, 0) is 26.8 Å². The van der Waals surface area contributed by atoms with Gasteiger partial charge in [-0.15, -0.1) is 0 Å². The van der Waals surface area contributed by atoms with Crippen molar-refractivity contribution in [3.63, 3.8) is 0 Å². The molecule has 104 valence electrons. The Kier molecular flexibility index (Phi) is 6.21. The zero-order valence-electron chi connectivity index (χ0n) is 10.7. The Bertz CT molecular complexity index is 461. The van der Waals surface area contributed by atoms with Gasteiger partial charge in [-0.1, -0.05) is 30.3 Å². The summed E-state index contributed by atoms with van der Waals surface area (Å²) in [5.74, 6) is -1.20. The Labute approximate surface area is 114 Å². The van der Waals surface area contributed by atoms with E-state index in [1.165, 1.54) is 6.26 Å². The fourth-order valence-corrected chi connectivity index (χ4v) is 2.14. The van der Waals surface area contributed by atoms with Gasteiger partial charge in [0.15, 0.2) is 0 Å². The molecule has 19 heavy (non-hydrogen) atoms. The standard InChI is InChI=1S/C13H17NO4S/c1-19(18)8-7-11(13(16)17)14-12(15)9-10-5-3-2-4-6-10/h2-6,11H,7-9H2,1H3,(H,14,15)(H,16,17)/t11-,19?/m0/s1. The number of benzene rings is 1. The Morgan fingerprint density at radius 2 is 1.95 bits per heavy atom. The van der Waals surface area contributed by atoms with Crippen molar-refractivity contribution in [1.82, 2.24) is 5.32 Å². The summed E-state index contributed by atoms with van der Waals surface area (Å²) in [5, 5.41) is 11.4. The number of carbonyl (C=O) groups excluding carboxylic acids is 1. The second-order valence-corrected chi connectivity index (χ2v) is 5.74. The molecule has 0 spiro atoms. The second-order valence-electron chi connectivity index (χ2n) is 4.19. The van der Waals surface area contributed by atoms with E-state index in [0.717, 1.165) is 5.56 Å². The lowest BCUT2D eigenvalue weighted by atomic mass is 10.1. The molecule has 1 amide bonds. The number of hydrogen-bond donors (Lipinski definition) is 2. The number of hydrogen-bond acceptors (Lipinski definition) is 3. The van der Waals surface area contributed by atoms with Crippen LogP contribution < -0.4 is 5.32 Å². The van der Waals surface area contributed by atoms with Crippen LogP contribution >= 0.6 is 0 Å². The average molecular weight is 283 g/mol. The summed E-state index contributed by atoms with van der Waals surface area (Å²) in [7, 11) is -1.07. The number of rotatable bonds is 7. The monoisotopic (exact) mass is 283 g/mol. The maximum absolute atomic E-state index is 11.7. The van der Waals surface area contributed by atoms with Crippen LogP contribution in [0.5, 0.6) is 0 Å². The Balaban J connectivity index is 2.52. The predicted octanol–water partition coefficient (Wildman–Crippen LogP) is 0.567. The minimum absolute atomic E-state index is 0.139. The molecule has 5 nitrogen and oxygen atoms in total. The lowest BCUT2D eigenvalue weighted by molar-refractivity contribution is -0.141. The lowest BCUT2D eigenvalue weighted by Crippen LogP contribution is -2.42. The molecule has 2 N–H and O–H groups in total. The molecule has 0 aliphatic rings. The quantitative estimate of drug-likeness (QED) is 0.766. The highest BCUT2D eigenvalue weighted by Gasteiger charge is 2.20. The van der Waals surface area contributed by atoms with E-state index in [0.29, 0.717) is 0 Å². The second kappa shape index (κ2) is 7.68. The van der Waals surface area contributed by atoms with E-state index in [4.69, 9.17) is 5.11 Å². The van der Waals surface area contributed by atoms with Gasteiger partial charge in [0.2, 0.25) is 5.91 Å². The van der Waals surface area contributed by atoms with Gasteiger partial charge in [-0.05, 0) is 12.0 Å². The molecule has 0 bridgehead atoms. The van der Waals surface area contributed by atoms with Gasteiger partial charge in [0.1, 0.15) is 6.04 Å². The summed E-state index contributed by atoms with van der Waals surface area (Å²) in [4.78, 5) is 22.7. The van der Waals surface area contributed by atoms with Gasteiger partial charge in [-0.3, -0.25) is 9.00 Å². The molecule has 0 saturated heterocycles. The van der Waals surface area contributed by atoms with Crippen molar-refractivity contribution in [2.45, 2.75) is 18.9 Å². The van der Waals surface area contributed by atoms with Gasteiger partial charge in [-0.25, -0.2) is 4.79 Å². The number of aliphatic carboxylic acids is 1. The normalized spacial score (nSPS) is 13.5. The van der Waals surface area contributed by atoms with Gasteiger partial charge in [0, 0.05) is 22.8 Å². The highest BCUT2D eigenvalue weighted by atomic mass is 32.2. The van der Waals surface area contributed by atoms with Crippen molar-refractivity contribution in [3.05, 3.63) is 35.9 Å². The maximum atomic E-state index is 11.7. The van der Waals surface area contributed by atoms with Crippen LogP contribution in [0.15, 0.2) is 30.3 Å². The third-order valence-electron chi connectivity index (χ3n) is 2.53. The fraction of sp³-hybridized carbons (Fsp3) is 0.385. The highest BCUT2D eigenvalue weighted by molar-refractivity contribution is 7.84. The van der Waals surface area contributed by atoms with Crippen LogP contribution in [0.3, 0.4) is 0 Å². The summed E-state index contributed by atoms with van der Waals surface area (Å²) in [5.41, 5.74) is 0.822. The first-order chi connectivity index (χ1) is 8.99. The predicted molar refractivity (Wildman–Crippen MR) is 73.3 cm³/mol. The minimum atomic E-state index is -1.10. The Hall–Kier alpha value is -1.69. The molecule has 6 heteroatoms. The summed E-state index contributed by atoms with van der Waals surface area (Å²) >= 11 is 0. The van der Waals surface area contributed by atoms with Crippen molar-refractivity contribution in [2.24, 2.45) is 0 Å². The summed E-state index contributed by atoms with van der Waals surface area (Å²) in [6.45, 7) is 0. The summed E-state index contributed by atoms with van der Waals surface area (Å²) < 4.78 is 11.0. The van der Waals surface area contributed by atoms with Gasteiger partial charge in [0.05, 0.1) is 6.42 Å². The number of carbonyl (C=O) groups is 2. The molecule has 1 aromatic rings. The topological polar surface area (TPSA) is 83.5 Å². The van der Waals surface area contributed by atoms with Crippen LogP contribution in [0.1, 0.15) is 12.0 Å². The van der Waals surface area contributed by atoms with Gasteiger partial charge >= 0.3 is 5.97 Å².